The van der Waals surface area contributed by atoms with E-state index in [9.17, 15) is 0 Å². The molecule has 0 aliphatic carbocycles. The Labute approximate surface area is 107 Å². The molecule has 2 rings (SSSR count). The first-order chi connectivity index (χ1) is 7.22. The van der Waals surface area contributed by atoms with E-state index in [0.29, 0.717) is 0 Å². The number of alkyl halides is 1. The lowest BCUT2D eigenvalue weighted by Gasteiger charge is -2.07. The van der Waals surface area contributed by atoms with Crippen LogP contribution in [0.3, 0.4) is 0 Å². The van der Waals surface area contributed by atoms with Crippen LogP contribution in [0.25, 0.3) is 0 Å². The van der Waals surface area contributed by atoms with Crippen molar-refractivity contribution in [1.29, 1.82) is 0 Å². The van der Waals surface area contributed by atoms with Crippen LogP contribution < -0.4 is 0 Å². The first kappa shape index (κ1) is 11.5. The van der Waals surface area contributed by atoms with Crippen LogP contribution in [0.1, 0.15) is 27.6 Å². The highest BCUT2D eigenvalue weighted by Gasteiger charge is 2.17. The molecule has 0 saturated heterocycles. The maximum Gasteiger partial charge on any atom is 0.102 e. The van der Waals surface area contributed by atoms with Crippen molar-refractivity contribution in [2.75, 3.05) is 0 Å². The minimum atomic E-state index is -0.0440. The van der Waals surface area contributed by atoms with E-state index in [1.165, 1.54) is 10.4 Å². The molecule has 0 bridgehead atoms. The van der Waals surface area contributed by atoms with Gasteiger partial charge < -0.3 is 0 Å². The Morgan fingerprint density at radius 3 is 2.73 bits per heavy atom. The summed E-state index contributed by atoms with van der Waals surface area (Å²) in [7, 11) is 0. The van der Waals surface area contributed by atoms with Crippen LogP contribution in [0.4, 0.5) is 0 Å². The predicted molar refractivity (Wildman–Crippen MR) is 70.7 cm³/mol. The topological polar surface area (TPSA) is 0 Å². The molecule has 1 atom stereocenters. The van der Waals surface area contributed by atoms with Crippen molar-refractivity contribution < 1.29 is 0 Å². The average molecular weight is 277 g/mol. The van der Waals surface area contributed by atoms with Gasteiger partial charge in [0.25, 0.3) is 0 Å². The Morgan fingerprint density at radius 2 is 2.13 bits per heavy atom. The quantitative estimate of drug-likeness (QED) is 0.663. The van der Waals surface area contributed by atoms with Gasteiger partial charge in [0.2, 0.25) is 0 Å². The molecule has 2 aromatic rings. The van der Waals surface area contributed by atoms with Crippen molar-refractivity contribution in [2.24, 2.45) is 0 Å². The zero-order chi connectivity index (χ0) is 10.8. The third-order valence-corrected chi connectivity index (χ3v) is 5.27. The van der Waals surface area contributed by atoms with Crippen molar-refractivity contribution in [1.82, 2.24) is 0 Å². The molecule has 80 valence electrons. The number of hydrogen-bond donors (Lipinski definition) is 0. The molecule has 0 radical (unpaired) electrons. The maximum atomic E-state index is 6.43. The highest BCUT2D eigenvalue weighted by molar-refractivity contribution is 7.17. The number of hydrogen-bond acceptors (Lipinski definition) is 2. The molecule has 2 aromatic heterocycles. The highest BCUT2D eigenvalue weighted by atomic mass is 35.5. The molecule has 0 aromatic carbocycles. The summed E-state index contributed by atoms with van der Waals surface area (Å²) in [5.41, 5.74) is 1.34. The molecule has 4 heteroatoms. The van der Waals surface area contributed by atoms with Crippen molar-refractivity contribution in [2.45, 2.75) is 18.7 Å². The minimum absolute atomic E-state index is 0.0440. The van der Waals surface area contributed by atoms with Crippen LogP contribution in [-0.4, -0.2) is 0 Å². The standard InChI is InChI=1S/C11H10Cl2S2/c1-2-7-5-6-14-11(7)10(13)8-3-4-9(12)15-8/h3-6,10H,2H2,1H3. The lowest BCUT2D eigenvalue weighted by Crippen LogP contribution is -1.90. The van der Waals surface area contributed by atoms with E-state index < -0.39 is 0 Å². The van der Waals surface area contributed by atoms with Crippen LogP contribution in [-0.2, 0) is 6.42 Å². The van der Waals surface area contributed by atoms with E-state index in [0.717, 1.165) is 15.6 Å². The number of aryl methyl sites for hydroxylation is 1. The van der Waals surface area contributed by atoms with Gasteiger partial charge in [0.1, 0.15) is 5.38 Å². The van der Waals surface area contributed by atoms with E-state index >= 15 is 0 Å². The molecule has 1 unspecified atom stereocenters. The lowest BCUT2D eigenvalue weighted by molar-refractivity contribution is 1.09. The fourth-order valence-corrected chi connectivity index (χ4v) is 4.07. The average Bonchev–Trinajstić information content (AvgIpc) is 2.84. The Hall–Kier alpha value is -0.0200. The minimum Gasteiger partial charge on any atom is -0.147 e. The molecule has 0 aliphatic heterocycles. The second-order valence-corrected chi connectivity index (χ2v) is 6.30. The fourth-order valence-electron chi connectivity index (χ4n) is 1.46. The normalized spacial score (nSPS) is 13.0. The predicted octanol–water partition coefficient (Wildman–Crippen LogP) is 5.35. The van der Waals surface area contributed by atoms with E-state index in [2.05, 4.69) is 18.4 Å². The summed E-state index contributed by atoms with van der Waals surface area (Å²) in [6, 6.07) is 6.05. The van der Waals surface area contributed by atoms with Gasteiger partial charge in [-0.2, -0.15) is 0 Å². The Bertz CT molecular complexity index is 445. The number of rotatable bonds is 3. The van der Waals surface area contributed by atoms with Gasteiger partial charge in [0, 0.05) is 9.75 Å². The van der Waals surface area contributed by atoms with Gasteiger partial charge >= 0.3 is 0 Å². The van der Waals surface area contributed by atoms with Crippen molar-refractivity contribution in [3.8, 4) is 0 Å². The molecule has 15 heavy (non-hydrogen) atoms. The summed E-state index contributed by atoms with van der Waals surface area (Å²) in [5, 5.41) is 2.05. The monoisotopic (exact) mass is 276 g/mol. The molecule has 0 saturated carbocycles. The molecule has 0 aliphatic rings. The lowest BCUT2D eigenvalue weighted by atomic mass is 10.1. The maximum absolute atomic E-state index is 6.43. The van der Waals surface area contributed by atoms with Crippen LogP contribution in [0.15, 0.2) is 23.6 Å². The SMILES string of the molecule is CCc1ccsc1C(Cl)c1ccc(Cl)s1. The van der Waals surface area contributed by atoms with Gasteiger partial charge in [-0.3, -0.25) is 0 Å². The zero-order valence-electron chi connectivity index (χ0n) is 8.17. The van der Waals surface area contributed by atoms with E-state index in [-0.39, 0.29) is 5.38 Å². The van der Waals surface area contributed by atoms with Gasteiger partial charge in [-0.05, 0) is 35.6 Å². The van der Waals surface area contributed by atoms with Gasteiger partial charge in [0.05, 0.1) is 4.34 Å². The van der Waals surface area contributed by atoms with Crippen LogP contribution in [0.5, 0.6) is 0 Å². The fraction of sp³-hybridized carbons (Fsp3) is 0.273. The van der Waals surface area contributed by atoms with Gasteiger partial charge in [-0.1, -0.05) is 18.5 Å². The van der Waals surface area contributed by atoms with Crippen LogP contribution >= 0.6 is 45.9 Å². The Kier molecular flexibility index (Phi) is 3.73. The second kappa shape index (κ2) is 4.88. The van der Waals surface area contributed by atoms with Crippen molar-refractivity contribution in [3.63, 3.8) is 0 Å². The zero-order valence-corrected chi connectivity index (χ0v) is 11.3. The molecule has 0 nitrogen and oxygen atoms in total. The summed E-state index contributed by atoms with van der Waals surface area (Å²) < 4.78 is 0.797. The Morgan fingerprint density at radius 1 is 1.33 bits per heavy atom. The molecule has 0 N–H and O–H groups in total. The molecule has 0 fully saturated rings. The van der Waals surface area contributed by atoms with Gasteiger partial charge in [0.15, 0.2) is 0 Å². The van der Waals surface area contributed by atoms with E-state index in [4.69, 9.17) is 23.2 Å². The summed E-state index contributed by atoms with van der Waals surface area (Å²) in [4.78, 5) is 2.37. The highest BCUT2D eigenvalue weighted by Crippen LogP contribution is 2.39. The molecule has 0 spiro atoms. The number of thiophene rings is 2. The summed E-state index contributed by atoms with van der Waals surface area (Å²) in [6.45, 7) is 2.15. The third-order valence-electron chi connectivity index (χ3n) is 2.24. The summed E-state index contributed by atoms with van der Waals surface area (Å²) in [5.74, 6) is 0. The largest absolute Gasteiger partial charge is 0.147 e. The van der Waals surface area contributed by atoms with Crippen LogP contribution in [0.2, 0.25) is 4.34 Å². The third kappa shape index (κ3) is 2.39. The van der Waals surface area contributed by atoms with Gasteiger partial charge in [-0.25, -0.2) is 0 Å². The summed E-state index contributed by atoms with van der Waals surface area (Å²) in [6.07, 6.45) is 1.03. The Balaban J connectivity index is 2.31. The van der Waals surface area contributed by atoms with Gasteiger partial charge in [-0.15, -0.1) is 34.3 Å². The molecule has 0 amide bonds. The van der Waals surface area contributed by atoms with Crippen molar-refractivity contribution in [3.05, 3.63) is 43.2 Å². The van der Waals surface area contributed by atoms with E-state index in [1.54, 1.807) is 22.7 Å². The molecular formula is C11H10Cl2S2. The van der Waals surface area contributed by atoms with Crippen molar-refractivity contribution >= 4 is 45.9 Å². The van der Waals surface area contributed by atoms with E-state index in [1.807, 2.05) is 12.1 Å². The molecule has 2 heterocycles. The smallest absolute Gasteiger partial charge is 0.102 e. The first-order valence-corrected chi connectivity index (χ1v) is 7.19. The first-order valence-electron chi connectivity index (χ1n) is 4.68. The second-order valence-electron chi connectivity index (χ2n) is 3.17. The number of halogens is 2. The summed E-state index contributed by atoms with van der Waals surface area (Å²) >= 11 is 15.6. The molecular weight excluding hydrogens is 267 g/mol. The van der Waals surface area contributed by atoms with Crippen LogP contribution in [0, 0.1) is 0 Å².